The highest BCUT2D eigenvalue weighted by atomic mass is 32.1. The average molecular weight is 324 g/mol. The molecule has 116 valence electrons. The van der Waals surface area contributed by atoms with Gasteiger partial charge in [-0.25, -0.2) is 8.78 Å². The number of aryl methyl sites for hydroxylation is 2. The molecule has 22 heavy (non-hydrogen) atoms. The van der Waals surface area contributed by atoms with E-state index in [1.165, 1.54) is 15.5 Å². The molecule has 0 atom stereocenters. The second kappa shape index (κ2) is 5.64. The highest BCUT2D eigenvalue weighted by Crippen LogP contribution is 2.31. The van der Waals surface area contributed by atoms with Crippen LogP contribution in [0.1, 0.15) is 17.7 Å². The summed E-state index contributed by atoms with van der Waals surface area (Å²) in [6.45, 7) is 1.97. The number of hydrogen-bond acceptors (Lipinski definition) is 3. The summed E-state index contributed by atoms with van der Waals surface area (Å²) in [6.07, 6.45) is 1.17. The molecule has 1 aliphatic rings. The van der Waals surface area contributed by atoms with E-state index < -0.39 is 11.6 Å². The number of carbonyl (C=O) groups excluding carboxylic acids is 1. The molecule has 0 unspecified atom stereocenters. The predicted octanol–water partition coefficient (Wildman–Crippen LogP) is 2.48. The summed E-state index contributed by atoms with van der Waals surface area (Å²) in [5, 5.41) is 1.68. The first kappa shape index (κ1) is 14.9. The summed E-state index contributed by atoms with van der Waals surface area (Å²) in [6, 6.07) is 2.05. The summed E-state index contributed by atoms with van der Waals surface area (Å²) in [7, 11) is 0. The number of thiazole rings is 1. The Morgan fingerprint density at radius 2 is 2.14 bits per heavy atom. The number of rotatable bonds is 2. The van der Waals surface area contributed by atoms with Crippen LogP contribution in [0.4, 0.5) is 14.5 Å². The fraction of sp³-hybridized carbons (Fsp3) is 0.333. The second-order valence-electron chi connectivity index (χ2n) is 5.27. The van der Waals surface area contributed by atoms with Crippen molar-refractivity contribution in [3.63, 3.8) is 0 Å². The first-order valence-corrected chi connectivity index (χ1v) is 7.78. The number of fused-ring (bicyclic) bond motifs is 1. The maximum atomic E-state index is 14.1. The van der Waals surface area contributed by atoms with Gasteiger partial charge >= 0.3 is 4.87 Å². The lowest BCUT2D eigenvalue weighted by atomic mass is 10.0. The fourth-order valence-electron chi connectivity index (χ4n) is 2.72. The number of carbonyl (C=O) groups is 1. The lowest BCUT2D eigenvalue weighted by Crippen LogP contribution is -2.39. The van der Waals surface area contributed by atoms with E-state index in [4.69, 9.17) is 0 Å². The van der Waals surface area contributed by atoms with Crippen molar-refractivity contribution in [2.75, 3.05) is 11.4 Å². The van der Waals surface area contributed by atoms with E-state index in [1.807, 2.05) is 0 Å². The van der Waals surface area contributed by atoms with E-state index in [1.54, 1.807) is 12.3 Å². The van der Waals surface area contributed by atoms with Crippen LogP contribution in [0, 0.1) is 18.6 Å². The first-order chi connectivity index (χ1) is 10.5. The molecule has 1 aromatic carbocycles. The minimum atomic E-state index is -0.738. The van der Waals surface area contributed by atoms with E-state index in [2.05, 4.69) is 0 Å². The van der Waals surface area contributed by atoms with E-state index >= 15 is 0 Å². The van der Waals surface area contributed by atoms with Gasteiger partial charge in [0.1, 0.15) is 18.2 Å². The minimum Gasteiger partial charge on any atom is -0.308 e. The molecule has 1 amide bonds. The van der Waals surface area contributed by atoms with Gasteiger partial charge in [-0.05, 0) is 31.4 Å². The Balaban J connectivity index is 1.94. The van der Waals surface area contributed by atoms with Gasteiger partial charge < -0.3 is 4.90 Å². The fourth-order valence-corrected chi connectivity index (χ4v) is 3.45. The third kappa shape index (κ3) is 2.56. The predicted molar refractivity (Wildman–Crippen MR) is 80.3 cm³/mol. The van der Waals surface area contributed by atoms with Gasteiger partial charge in [0.15, 0.2) is 0 Å². The van der Waals surface area contributed by atoms with Crippen LogP contribution in [-0.4, -0.2) is 17.0 Å². The number of nitrogens with zero attached hydrogens (tertiary/aromatic N) is 2. The van der Waals surface area contributed by atoms with Crippen molar-refractivity contribution in [1.29, 1.82) is 0 Å². The van der Waals surface area contributed by atoms with Crippen LogP contribution < -0.4 is 9.77 Å². The molecule has 7 heteroatoms. The van der Waals surface area contributed by atoms with Gasteiger partial charge in [-0.15, -0.1) is 0 Å². The number of benzene rings is 1. The van der Waals surface area contributed by atoms with Crippen LogP contribution >= 0.6 is 11.3 Å². The Kier molecular flexibility index (Phi) is 3.82. The van der Waals surface area contributed by atoms with E-state index in [9.17, 15) is 18.4 Å². The molecule has 0 saturated heterocycles. The van der Waals surface area contributed by atoms with Crippen LogP contribution in [-0.2, 0) is 17.8 Å². The smallest absolute Gasteiger partial charge is 0.307 e. The van der Waals surface area contributed by atoms with E-state index in [0.29, 0.717) is 30.6 Å². The van der Waals surface area contributed by atoms with Crippen LogP contribution in [0.2, 0.25) is 0 Å². The van der Waals surface area contributed by atoms with Crippen molar-refractivity contribution in [3.05, 3.63) is 50.1 Å². The quantitative estimate of drug-likeness (QED) is 0.852. The summed E-state index contributed by atoms with van der Waals surface area (Å²) in [5.74, 6) is -1.75. The van der Waals surface area contributed by atoms with E-state index in [-0.39, 0.29) is 23.0 Å². The first-order valence-electron chi connectivity index (χ1n) is 6.90. The Morgan fingerprint density at radius 3 is 2.82 bits per heavy atom. The molecule has 4 nitrogen and oxygen atoms in total. The van der Waals surface area contributed by atoms with Crippen molar-refractivity contribution in [2.45, 2.75) is 26.3 Å². The molecule has 0 fully saturated rings. The molecule has 0 spiro atoms. The standard InChI is InChI=1S/C15H14F2N2O2S/c1-9-8-22-15(21)19(9)7-13(20)18-4-2-3-10-5-11(16)6-12(17)14(10)18/h5-6,8H,2-4,7H2,1H3. The molecule has 1 aliphatic heterocycles. The monoisotopic (exact) mass is 324 g/mol. The van der Waals surface area contributed by atoms with Gasteiger partial charge in [-0.2, -0.15) is 0 Å². The van der Waals surface area contributed by atoms with Gasteiger partial charge in [0, 0.05) is 23.7 Å². The number of amides is 1. The molecule has 0 radical (unpaired) electrons. The Labute approximate surface area is 129 Å². The largest absolute Gasteiger partial charge is 0.308 e. The lowest BCUT2D eigenvalue weighted by molar-refractivity contribution is -0.119. The topological polar surface area (TPSA) is 42.3 Å². The number of hydrogen-bond donors (Lipinski definition) is 0. The molecule has 3 rings (SSSR count). The number of halogens is 2. The summed E-state index contributed by atoms with van der Waals surface area (Å²) in [5.41, 5.74) is 1.32. The van der Waals surface area contributed by atoms with Crippen molar-refractivity contribution >= 4 is 22.9 Å². The summed E-state index contributed by atoms with van der Waals surface area (Å²) >= 11 is 1.02. The second-order valence-corrected chi connectivity index (χ2v) is 6.09. The van der Waals surface area contributed by atoms with Crippen molar-refractivity contribution < 1.29 is 13.6 Å². The highest BCUT2D eigenvalue weighted by Gasteiger charge is 2.27. The Morgan fingerprint density at radius 1 is 1.36 bits per heavy atom. The lowest BCUT2D eigenvalue weighted by Gasteiger charge is -2.30. The van der Waals surface area contributed by atoms with Gasteiger partial charge in [-0.1, -0.05) is 11.3 Å². The summed E-state index contributed by atoms with van der Waals surface area (Å²) < 4.78 is 28.8. The zero-order valence-corrected chi connectivity index (χ0v) is 12.8. The molecule has 0 saturated carbocycles. The normalized spacial score (nSPS) is 14.0. The molecule has 0 aliphatic carbocycles. The van der Waals surface area contributed by atoms with Gasteiger partial charge in [0.25, 0.3) is 0 Å². The molecular formula is C15H14F2N2O2S. The van der Waals surface area contributed by atoms with E-state index in [0.717, 1.165) is 17.4 Å². The number of aromatic nitrogens is 1. The van der Waals surface area contributed by atoms with Crippen LogP contribution in [0.15, 0.2) is 22.3 Å². The van der Waals surface area contributed by atoms with Crippen LogP contribution in [0.5, 0.6) is 0 Å². The maximum absolute atomic E-state index is 14.1. The van der Waals surface area contributed by atoms with Crippen LogP contribution in [0.25, 0.3) is 0 Å². The Hall–Kier alpha value is -2.02. The maximum Gasteiger partial charge on any atom is 0.307 e. The molecular weight excluding hydrogens is 310 g/mol. The molecule has 1 aromatic heterocycles. The van der Waals surface area contributed by atoms with Crippen molar-refractivity contribution in [1.82, 2.24) is 4.57 Å². The highest BCUT2D eigenvalue weighted by molar-refractivity contribution is 7.07. The average Bonchev–Trinajstić information content (AvgIpc) is 2.78. The third-order valence-corrected chi connectivity index (χ3v) is 4.66. The minimum absolute atomic E-state index is 0.135. The Bertz CT molecular complexity index is 797. The zero-order chi connectivity index (χ0) is 15.9. The summed E-state index contributed by atoms with van der Waals surface area (Å²) in [4.78, 5) is 25.3. The zero-order valence-electron chi connectivity index (χ0n) is 11.9. The molecule has 0 N–H and O–H groups in total. The SMILES string of the molecule is Cc1csc(=O)n1CC(=O)N1CCCc2cc(F)cc(F)c21. The van der Waals surface area contributed by atoms with Gasteiger partial charge in [0.05, 0.1) is 5.69 Å². The van der Waals surface area contributed by atoms with Crippen LogP contribution in [0.3, 0.4) is 0 Å². The van der Waals surface area contributed by atoms with Crippen molar-refractivity contribution in [3.8, 4) is 0 Å². The molecule has 0 bridgehead atoms. The van der Waals surface area contributed by atoms with Crippen molar-refractivity contribution in [2.24, 2.45) is 0 Å². The van der Waals surface area contributed by atoms with Gasteiger partial charge in [0.2, 0.25) is 5.91 Å². The van der Waals surface area contributed by atoms with Gasteiger partial charge in [-0.3, -0.25) is 14.2 Å². The molecule has 2 aromatic rings. The third-order valence-electron chi connectivity index (χ3n) is 3.78. The molecule has 2 heterocycles. The number of anilines is 1.